The van der Waals surface area contributed by atoms with E-state index in [0.717, 1.165) is 38.9 Å². The Hall–Kier alpha value is -4.40. The zero-order chi connectivity index (χ0) is 27.0. The Morgan fingerprint density at radius 3 is 2.13 bits per heavy atom. The molecule has 6 rings (SSSR count). The van der Waals surface area contributed by atoms with E-state index in [1.54, 1.807) is 24.3 Å². The summed E-state index contributed by atoms with van der Waals surface area (Å²) in [6, 6.07) is 34.5. The van der Waals surface area contributed by atoms with Gasteiger partial charge in [-0.1, -0.05) is 91.0 Å². The molecular formula is C31H27N3O4S. The van der Waals surface area contributed by atoms with Crippen molar-refractivity contribution >= 4 is 27.0 Å². The minimum absolute atomic E-state index is 0.0392. The van der Waals surface area contributed by atoms with E-state index in [1.807, 2.05) is 84.9 Å². The maximum absolute atomic E-state index is 14.0. The summed E-state index contributed by atoms with van der Waals surface area (Å²) in [6.45, 7) is 0.620. The molecule has 196 valence electrons. The topological polar surface area (TPSA) is 94.6 Å². The number of nitrogens with zero attached hydrogens (tertiary/aromatic N) is 2. The van der Waals surface area contributed by atoms with Crippen LogP contribution in [0.25, 0.3) is 22.0 Å². The molecule has 0 bridgehead atoms. The quantitative estimate of drug-likeness (QED) is 0.308. The van der Waals surface area contributed by atoms with Crippen LogP contribution in [-0.4, -0.2) is 29.6 Å². The molecule has 5 aromatic rings. The van der Waals surface area contributed by atoms with Crippen molar-refractivity contribution in [2.45, 2.75) is 30.6 Å². The molecule has 0 saturated carbocycles. The van der Waals surface area contributed by atoms with Gasteiger partial charge in [0.2, 0.25) is 10.0 Å². The maximum Gasteiger partial charge on any atom is 0.406 e. The lowest BCUT2D eigenvalue weighted by molar-refractivity contribution is 0.0264. The van der Waals surface area contributed by atoms with Crippen LogP contribution in [-0.2, 0) is 34.3 Å². The molecule has 4 aromatic carbocycles. The van der Waals surface area contributed by atoms with Crippen LogP contribution in [0.15, 0.2) is 114 Å². The molecule has 1 aromatic heterocycles. The number of ether oxygens (including phenoxy) is 1. The number of rotatable bonds is 6. The summed E-state index contributed by atoms with van der Waals surface area (Å²) in [5, 5.41) is 1.01. The van der Waals surface area contributed by atoms with Crippen LogP contribution in [0.4, 0.5) is 4.79 Å². The molecule has 1 amide bonds. The molecule has 7 nitrogen and oxygen atoms in total. The molecule has 2 heterocycles. The fourth-order valence-corrected chi connectivity index (χ4v) is 6.84. The third kappa shape index (κ3) is 4.69. The predicted molar refractivity (Wildman–Crippen MR) is 150 cm³/mol. The van der Waals surface area contributed by atoms with E-state index in [4.69, 9.17) is 10.5 Å². The summed E-state index contributed by atoms with van der Waals surface area (Å²) in [4.78, 5) is 12.0. The number of amides is 1. The number of carbonyl (C=O) groups excluding carboxylic acids is 1. The number of para-hydroxylation sites is 1. The Labute approximate surface area is 227 Å². The molecule has 2 N–H and O–H groups in total. The first-order valence-electron chi connectivity index (χ1n) is 12.7. The lowest BCUT2D eigenvalue weighted by atomic mass is 10.0. The summed E-state index contributed by atoms with van der Waals surface area (Å²) in [6.07, 6.45) is -1.89. The van der Waals surface area contributed by atoms with Gasteiger partial charge in [0.15, 0.2) is 6.23 Å². The minimum atomic E-state index is -4.04. The van der Waals surface area contributed by atoms with Crippen molar-refractivity contribution in [3.8, 4) is 11.1 Å². The number of hydrogen-bond acceptors (Lipinski definition) is 4. The van der Waals surface area contributed by atoms with Gasteiger partial charge >= 0.3 is 6.09 Å². The fourth-order valence-electron chi connectivity index (χ4n) is 5.37. The molecule has 1 atom stereocenters. The Morgan fingerprint density at radius 2 is 1.44 bits per heavy atom. The van der Waals surface area contributed by atoms with Crippen LogP contribution >= 0.6 is 0 Å². The van der Waals surface area contributed by atoms with Gasteiger partial charge in [0.1, 0.15) is 0 Å². The van der Waals surface area contributed by atoms with Gasteiger partial charge in [0.25, 0.3) is 0 Å². The number of nitrogens with two attached hydrogens (primary N) is 1. The number of fused-ring (bicyclic) bond motifs is 3. The Morgan fingerprint density at radius 1 is 0.821 bits per heavy atom. The Kier molecular flexibility index (Phi) is 6.42. The standard InChI is InChI=1S/C31H27N3O4S/c32-31(35)38-30-19-27-26-13-7-8-14-28(26)33(20-22-9-3-1-4-10-22)29(27)21-34(30)39(36,37)25-17-15-24(16-18-25)23-11-5-2-6-12-23/h1-18,30H,19-21H2,(H2,32,35)/t30-/m1/s1. The Balaban J connectivity index is 1.43. The third-order valence-corrected chi connectivity index (χ3v) is 9.05. The lowest BCUT2D eigenvalue weighted by Crippen LogP contribution is -2.47. The first-order valence-corrected chi connectivity index (χ1v) is 14.1. The first kappa shape index (κ1) is 24.9. The Bertz CT molecular complexity index is 1750. The zero-order valence-electron chi connectivity index (χ0n) is 21.1. The smallest absolute Gasteiger partial charge is 0.406 e. The molecule has 8 heteroatoms. The molecule has 0 radical (unpaired) electrons. The van der Waals surface area contributed by atoms with E-state index in [-0.39, 0.29) is 17.9 Å². The van der Waals surface area contributed by atoms with E-state index in [2.05, 4.69) is 4.57 Å². The summed E-state index contributed by atoms with van der Waals surface area (Å²) < 4.78 is 36.8. The number of sulfonamides is 1. The van der Waals surface area contributed by atoms with Crippen molar-refractivity contribution in [3.05, 3.63) is 126 Å². The second-order valence-corrected chi connectivity index (χ2v) is 11.4. The van der Waals surface area contributed by atoms with Crippen molar-refractivity contribution in [3.63, 3.8) is 0 Å². The van der Waals surface area contributed by atoms with Crippen LogP contribution in [0, 0.1) is 0 Å². The number of primary amides is 1. The minimum Gasteiger partial charge on any atom is -0.429 e. The second-order valence-electron chi connectivity index (χ2n) is 9.55. The second kappa shape index (κ2) is 10.1. The number of benzene rings is 4. The molecule has 0 fully saturated rings. The normalized spacial score (nSPS) is 15.6. The van der Waals surface area contributed by atoms with Gasteiger partial charge in [0, 0.05) is 29.6 Å². The van der Waals surface area contributed by atoms with Gasteiger partial charge < -0.3 is 15.0 Å². The van der Waals surface area contributed by atoms with Gasteiger partial charge in [0.05, 0.1) is 11.4 Å². The molecule has 0 spiro atoms. The molecule has 39 heavy (non-hydrogen) atoms. The lowest BCUT2D eigenvalue weighted by Gasteiger charge is -2.34. The third-order valence-electron chi connectivity index (χ3n) is 7.20. The van der Waals surface area contributed by atoms with E-state index in [0.29, 0.717) is 6.54 Å². The highest BCUT2D eigenvalue weighted by Crippen LogP contribution is 2.37. The van der Waals surface area contributed by atoms with Crippen LogP contribution in [0.3, 0.4) is 0 Å². The van der Waals surface area contributed by atoms with Crippen molar-refractivity contribution in [1.29, 1.82) is 0 Å². The number of aromatic nitrogens is 1. The SMILES string of the molecule is NC(=O)O[C@@H]1Cc2c(n(Cc3ccccc3)c3ccccc23)CN1S(=O)(=O)c1ccc(-c2ccccc2)cc1. The van der Waals surface area contributed by atoms with Crippen molar-refractivity contribution < 1.29 is 17.9 Å². The highest BCUT2D eigenvalue weighted by molar-refractivity contribution is 7.89. The highest BCUT2D eigenvalue weighted by atomic mass is 32.2. The van der Waals surface area contributed by atoms with Crippen LogP contribution in [0.5, 0.6) is 0 Å². The van der Waals surface area contributed by atoms with Gasteiger partial charge in [-0.25, -0.2) is 13.2 Å². The summed E-state index contributed by atoms with van der Waals surface area (Å²) in [5.41, 5.74) is 11.2. The number of hydrogen-bond donors (Lipinski definition) is 1. The van der Waals surface area contributed by atoms with E-state index in [9.17, 15) is 13.2 Å². The van der Waals surface area contributed by atoms with E-state index in [1.165, 1.54) is 4.31 Å². The zero-order valence-corrected chi connectivity index (χ0v) is 21.9. The average Bonchev–Trinajstić information content (AvgIpc) is 3.26. The molecule has 0 unspecified atom stereocenters. The number of carbonyl (C=O) groups is 1. The van der Waals surface area contributed by atoms with Crippen LogP contribution in [0.1, 0.15) is 16.8 Å². The van der Waals surface area contributed by atoms with Gasteiger partial charge in [-0.15, -0.1) is 0 Å². The van der Waals surface area contributed by atoms with Crippen molar-refractivity contribution in [2.24, 2.45) is 5.73 Å². The van der Waals surface area contributed by atoms with Crippen LogP contribution < -0.4 is 5.73 Å². The van der Waals surface area contributed by atoms with Gasteiger partial charge in [-0.3, -0.25) is 0 Å². The molecular weight excluding hydrogens is 510 g/mol. The predicted octanol–water partition coefficient (Wildman–Crippen LogP) is 5.53. The van der Waals surface area contributed by atoms with Crippen molar-refractivity contribution in [1.82, 2.24) is 8.87 Å². The molecule has 1 aliphatic heterocycles. The fraction of sp³-hybridized carbons (Fsp3) is 0.129. The molecule has 1 aliphatic rings. The highest BCUT2D eigenvalue weighted by Gasteiger charge is 2.40. The van der Waals surface area contributed by atoms with E-state index < -0.39 is 22.3 Å². The van der Waals surface area contributed by atoms with Gasteiger partial charge in [-0.05, 0) is 40.5 Å². The van der Waals surface area contributed by atoms with E-state index >= 15 is 0 Å². The van der Waals surface area contributed by atoms with Crippen LogP contribution in [0.2, 0.25) is 0 Å². The van der Waals surface area contributed by atoms with Gasteiger partial charge in [-0.2, -0.15) is 4.31 Å². The maximum atomic E-state index is 14.0. The largest absolute Gasteiger partial charge is 0.429 e. The molecule has 0 aliphatic carbocycles. The monoisotopic (exact) mass is 537 g/mol. The molecule has 0 saturated heterocycles. The van der Waals surface area contributed by atoms with Crippen molar-refractivity contribution in [2.75, 3.05) is 0 Å². The summed E-state index contributed by atoms with van der Waals surface area (Å²) >= 11 is 0. The average molecular weight is 538 g/mol. The summed E-state index contributed by atoms with van der Waals surface area (Å²) in [5.74, 6) is 0. The first-order chi connectivity index (χ1) is 18.9. The summed E-state index contributed by atoms with van der Waals surface area (Å²) in [7, 11) is -4.04.